The molecule has 3 aromatic rings. The lowest BCUT2D eigenvalue weighted by Gasteiger charge is -2.30. The molecule has 0 radical (unpaired) electrons. The summed E-state index contributed by atoms with van der Waals surface area (Å²) in [5.74, 6) is -1.00. The lowest BCUT2D eigenvalue weighted by Crippen LogP contribution is -2.54. The summed E-state index contributed by atoms with van der Waals surface area (Å²) in [6.45, 7) is 7.70. The van der Waals surface area contributed by atoms with E-state index in [9.17, 15) is 9.59 Å². The molecule has 1 fully saturated rings. The molecule has 1 N–H and O–H groups in total. The van der Waals surface area contributed by atoms with E-state index in [0.717, 1.165) is 33.8 Å². The van der Waals surface area contributed by atoms with Crippen LogP contribution in [-0.2, 0) is 9.59 Å². The molecule has 0 atom stereocenters. The van der Waals surface area contributed by atoms with Gasteiger partial charge in [0.1, 0.15) is 5.57 Å². The minimum absolute atomic E-state index is 0.000941. The number of carbonyl (C=O) groups excluding carboxylic acids is 2. The van der Waals surface area contributed by atoms with Gasteiger partial charge in [0.2, 0.25) is 0 Å². The lowest BCUT2D eigenvalue weighted by molar-refractivity contribution is -0.122. The number of nitrogens with zero attached hydrogens (tertiary/aromatic N) is 2. The maximum Gasteiger partial charge on any atom is 0.270 e. The SMILES string of the molecule is Cc1ccc(N2C(=O)/C(=C/c3cc(C)n(-c4cccc(Cl)c4Cl)c3C)C(=O)NC2=S)c(C)c1. The van der Waals surface area contributed by atoms with Gasteiger partial charge in [0.15, 0.2) is 5.11 Å². The van der Waals surface area contributed by atoms with Crippen LogP contribution in [0.4, 0.5) is 5.69 Å². The molecular formula is C25H21Cl2N3O2S. The van der Waals surface area contributed by atoms with E-state index in [1.54, 1.807) is 12.1 Å². The summed E-state index contributed by atoms with van der Waals surface area (Å²) in [5.41, 5.74) is 5.73. The molecular weight excluding hydrogens is 477 g/mol. The van der Waals surface area contributed by atoms with Crippen LogP contribution >= 0.6 is 35.4 Å². The monoisotopic (exact) mass is 497 g/mol. The third kappa shape index (κ3) is 4.10. The Morgan fingerprint density at radius 2 is 1.70 bits per heavy atom. The molecule has 1 saturated heterocycles. The number of benzene rings is 2. The van der Waals surface area contributed by atoms with E-state index >= 15 is 0 Å². The summed E-state index contributed by atoms with van der Waals surface area (Å²) < 4.78 is 1.94. The van der Waals surface area contributed by atoms with E-state index in [4.69, 9.17) is 35.4 Å². The van der Waals surface area contributed by atoms with Crippen LogP contribution in [0.1, 0.15) is 28.1 Å². The van der Waals surface area contributed by atoms with Crippen LogP contribution < -0.4 is 10.2 Å². The van der Waals surface area contributed by atoms with Crippen molar-refractivity contribution >= 4 is 64.1 Å². The molecule has 5 nitrogen and oxygen atoms in total. The molecule has 1 aliphatic rings. The molecule has 0 unspecified atom stereocenters. The van der Waals surface area contributed by atoms with E-state index in [1.165, 1.54) is 4.90 Å². The zero-order valence-electron chi connectivity index (χ0n) is 18.5. The predicted molar refractivity (Wildman–Crippen MR) is 137 cm³/mol. The van der Waals surface area contributed by atoms with Crippen LogP contribution in [0.25, 0.3) is 11.8 Å². The summed E-state index contributed by atoms with van der Waals surface area (Å²) in [4.78, 5) is 27.5. The molecule has 1 aliphatic heterocycles. The Balaban J connectivity index is 1.80. The number of amides is 2. The maximum absolute atomic E-state index is 13.4. The van der Waals surface area contributed by atoms with Gasteiger partial charge in [-0.3, -0.25) is 19.8 Å². The van der Waals surface area contributed by atoms with Gasteiger partial charge in [-0.15, -0.1) is 0 Å². The number of halogens is 2. The van der Waals surface area contributed by atoms with Gasteiger partial charge < -0.3 is 4.57 Å². The Hall–Kier alpha value is -2.93. The average Bonchev–Trinajstić information content (AvgIpc) is 3.02. The number of rotatable bonds is 3. The molecule has 33 heavy (non-hydrogen) atoms. The van der Waals surface area contributed by atoms with Gasteiger partial charge in [-0.25, -0.2) is 0 Å². The zero-order chi connectivity index (χ0) is 24.0. The van der Waals surface area contributed by atoms with Crippen LogP contribution in [-0.4, -0.2) is 21.5 Å². The van der Waals surface area contributed by atoms with Crippen LogP contribution in [0.3, 0.4) is 0 Å². The quantitative estimate of drug-likeness (QED) is 0.280. The number of aromatic nitrogens is 1. The highest BCUT2D eigenvalue weighted by Crippen LogP contribution is 2.33. The molecule has 2 amide bonds. The Morgan fingerprint density at radius 1 is 0.970 bits per heavy atom. The Kier molecular flexibility index (Phi) is 6.18. The fourth-order valence-electron chi connectivity index (χ4n) is 4.06. The summed E-state index contributed by atoms with van der Waals surface area (Å²) >= 11 is 18.0. The molecule has 0 aliphatic carbocycles. The average molecular weight is 498 g/mol. The van der Waals surface area contributed by atoms with Crippen LogP contribution in [0, 0.1) is 27.7 Å². The number of nitrogens with one attached hydrogen (secondary N) is 1. The summed E-state index contributed by atoms with van der Waals surface area (Å²) in [6, 6.07) is 13.0. The van der Waals surface area contributed by atoms with Crippen molar-refractivity contribution in [3.8, 4) is 5.69 Å². The van der Waals surface area contributed by atoms with Gasteiger partial charge in [0.25, 0.3) is 11.8 Å². The highest BCUT2D eigenvalue weighted by molar-refractivity contribution is 7.80. The second kappa shape index (κ2) is 8.78. The second-order valence-electron chi connectivity index (χ2n) is 7.98. The highest BCUT2D eigenvalue weighted by atomic mass is 35.5. The van der Waals surface area contributed by atoms with E-state index in [1.807, 2.05) is 68.7 Å². The number of anilines is 1. The van der Waals surface area contributed by atoms with Gasteiger partial charge in [0.05, 0.1) is 21.4 Å². The molecule has 2 heterocycles. The minimum atomic E-state index is -0.531. The third-order valence-electron chi connectivity index (χ3n) is 5.64. The van der Waals surface area contributed by atoms with Crippen molar-refractivity contribution in [3.05, 3.63) is 86.2 Å². The molecule has 0 bridgehead atoms. The summed E-state index contributed by atoms with van der Waals surface area (Å²) in [5, 5.41) is 3.58. The Labute approximate surface area is 207 Å². The summed E-state index contributed by atoms with van der Waals surface area (Å²) in [7, 11) is 0. The molecule has 0 saturated carbocycles. The van der Waals surface area contributed by atoms with Gasteiger partial charge in [0, 0.05) is 11.4 Å². The Bertz CT molecular complexity index is 1370. The van der Waals surface area contributed by atoms with Gasteiger partial charge in [-0.1, -0.05) is 47.0 Å². The van der Waals surface area contributed by atoms with Crippen LogP contribution in [0.5, 0.6) is 0 Å². The van der Waals surface area contributed by atoms with Gasteiger partial charge in [-0.2, -0.15) is 0 Å². The van der Waals surface area contributed by atoms with Gasteiger partial charge >= 0.3 is 0 Å². The molecule has 8 heteroatoms. The van der Waals surface area contributed by atoms with Crippen molar-refractivity contribution in [2.45, 2.75) is 27.7 Å². The first-order valence-corrected chi connectivity index (χ1v) is 11.4. The van der Waals surface area contributed by atoms with Crippen LogP contribution in [0.2, 0.25) is 10.0 Å². The third-order valence-corrected chi connectivity index (χ3v) is 6.73. The fraction of sp³-hybridized carbons (Fsp3) is 0.160. The first-order valence-electron chi connectivity index (χ1n) is 10.2. The normalized spacial score (nSPS) is 15.4. The smallest absolute Gasteiger partial charge is 0.270 e. The summed E-state index contributed by atoms with van der Waals surface area (Å²) in [6.07, 6.45) is 1.59. The highest BCUT2D eigenvalue weighted by Gasteiger charge is 2.35. The van der Waals surface area contributed by atoms with Crippen molar-refractivity contribution in [2.75, 3.05) is 4.90 Å². The lowest BCUT2D eigenvalue weighted by atomic mass is 10.0. The fourth-order valence-corrected chi connectivity index (χ4v) is 4.71. The van der Waals surface area contributed by atoms with E-state index < -0.39 is 11.8 Å². The van der Waals surface area contributed by atoms with E-state index in [0.29, 0.717) is 15.7 Å². The molecule has 4 rings (SSSR count). The molecule has 168 valence electrons. The van der Waals surface area contributed by atoms with Crippen molar-refractivity contribution in [1.29, 1.82) is 0 Å². The van der Waals surface area contributed by atoms with Crippen molar-refractivity contribution in [3.63, 3.8) is 0 Å². The molecule has 0 spiro atoms. The number of hydrogen-bond donors (Lipinski definition) is 1. The van der Waals surface area contributed by atoms with Crippen molar-refractivity contribution in [2.24, 2.45) is 0 Å². The topological polar surface area (TPSA) is 54.3 Å². The first kappa shape index (κ1) is 23.2. The molecule has 2 aromatic carbocycles. The number of aryl methyl sites for hydroxylation is 3. The van der Waals surface area contributed by atoms with E-state index in [2.05, 4.69) is 5.32 Å². The Morgan fingerprint density at radius 3 is 2.39 bits per heavy atom. The second-order valence-corrected chi connectivity index (χ2v) is 9.15. The largest absolute Gasteiger partial charge is 0.316 e. The number of carbonyl (C=O) groups is 2. The number of hydrogen-bond acceptors (Lipinski definition) is 3. The van der Waals surface area contributed by atoms with Gasteiger partial charge in [-0.05, 0) is 81.4 Å². The maximum atomic E-state index is 13.4. The van der Waals surface area contributed by atoms with Crippen molar-refractivity contribution in [1.82, 2.24) is 9.88 Å². The minimum Gasteiger partial charge on any atom is -0.316 e. The standard InChI is InChI=1S/C25H21Cl2N3O2S/c1-13-8-9-20(14(2)10-13)30-24(32)18(23(31)28-25(30)33)12-17-11-15(3)29(16(17)4)21-7-5-6-19(26)22(21)27/h5-12H,1-4H3,(H,28,31,33)/b18-12+. The predicted octanol–water partition coefficient (Wildman–Crippen LogP) is 5.85. The zero-order valence-corrected chi connectivity index (χ0v) is 20.8. The molecule has 1 aromatic heterocycles. The van der Waals surface area contributed by atoms with Crippen LogP contribution in [0.15, 0.2) is 48.0 Å². The van der Waals surface area contributed by atoms with Crippen molar-refractivity contribution < 1.29 is 9.59 Å². The first-order chi connectivity index (χ1) is 15.6. The van der Waals surface area contributed by atoms with E-state index in [-0.39, 0.29) is 10.7 Å². The number of thiocarbonyl (C=S) groups is 1.